The van der Waals surface area contributed by atoms with E-state index in [2.05, 4.69) is 96.3 Å². The molecule has 6 aliphatic rings. The van der Waals surface area contributed by atoms with Gasteiger partial charge in [-0.3, -0.25) is 9.67 Å². The van der Waals surface area contributed by atoms with Crippen LogP contribution in [0.5, 0.6) is 0 Å². The fourth-order valence-corrected chi connectivity index (χ4v) is 12.0. The molecule has 4 fully saturated rings. The lowest BCUT2D eigenvalue weighted by Gasteiger charge is -2.42. The van der Waals surface area contributed by atoms with Gasteiger partial charge in [-0.25, -0.2) is 29.5 Å². The van der Waals surface area contributed by atoms with Crippen LogP contribution in [0.3, 0.4) is 0 Å². The number of likely N-dealkylation sites (tertiary alicyclic amines) is 4. The number of nitrogens with zero attached hydrogens (tertiary/aromatic N) is 11. The minimum absolute atomic E-state index is 0.00429. The Kier molecular flexibility index (Phi) is 21.2. The number of nitrogen functional groups attached to an aromatic ring is 1. The number of allylic oxidation sites excluding steroid dienone is 1. The number of rotatable bonds is 11. The minimum atomic E-state index is -0.199. The standard InChI is InChI=1S/C32H46N8O2.C23H29ClN4O2.C9H16N4/c1-32(2,3)42-26-20-40(21-26)31(41)38-29-8-6-5-7-22-17-23(9-10-27(22)29)28-11-14-34-30(37-28)36-25(18-33)19-35-24-12-15-39(4)16-13-24;1-23(2,3)30-17-13-28(14-17)22(29)27-20-7-5-4-6-15-12-16(8-9-18(15)20)19-10-11-25-21(24)26-19;1-12-4-2-9(3-5-12)13-7-8(10)6-11-13/h9-11,14,17-19,24,26,29H,5-8,12-13,15-16,20-21,33H2,1-4H3,(H,38,41)(H,34,36,37);8-12,17,20H,4-7,13-14H2,1-3H3,(H,27,29);6-7,9H,2-5,10H2,1H3. The van der Waals surface area contributed by atoms with Crippen molar-refractivity contribution in [2.75, 3.05) is 77.5 Å². The maximum atomic E-state index is 13.0. The topological polar surface area (TPSA) is 235 Å². The summed E-state index contributed by atoms with van der Waals surface area (Å²) in [5.74, 6) is 0.474. The van der Waals surface area contributed by atoms with Crippen molar-refractivity contribution < 1.29 is 19.1 Å². The van der Waals surface area contributed by atoms with Gasteiger partial charge in [0.15, 0.2) is 0 Å². The molecule has 3 aromatic heterocycles. The smallest absolute Gasteiger partial charge is 0.318 e. The van der Waals surface area contributed by atoms with E-state index >= 15 is 0 Å². The number of nitrogens with two attached hydrogens (primary N) is 2. The molecule has 4 aliphatic heterocycles. The van der Waals surface area contributed by atoms with Crippen LogP contribution in [-0.2, 0) is 22.3 Å². The van der Waals surface area contributed by atoms with Gasteiger partial charge in [0.2, 0.25) is 11.2 Å². The molecule has 11 rings (SSSR count). The quantitative estimate of drug-likeness (QED) is 0.0470. The second-order valence-corrected chi connectivity index (χ2v) is 26.0. The summed E-state index contributed by atoms with van der Waals surface area (Å²) in [7, 11) is 4.30. The fourth-order valence-electron chi connectivity index (χ4n) is 11.9. The summed E-state index contributed by atoms with van der Waals surface area (Å²) in [5, 5.41) is 14.3. The Morgan fingerprint density at radius 1 is 0.682 bits per heavy atom. The van der Waals surface area contributed by atoms with Crippen LogP contribution in [0.1, 0.15) is 146 Å². The first kappa shape index (κ1) is 62.8. The zero-order valence-corrected chi connectivity index (χ0v) is 52.0. The maximum absolute atomic E-state index is 13.0. The lowest BCUT2D eigenvalue weighted by atomic mass is 9.95. The number of fused-ring (bicyclic) bond motifs is 2. The molecule has 2 aliphatic carbocycles. The van der Waals surface area contributed by atoms with Crippen LogP contribution in [-0.4, -0.2) is 163 Å². The Balaban J connectivity index is 0.000000173. The summed E-state index contributed by atoms with van der Waals surface area (Å²) in [5.41, 5.74) is 21.2. The third-order valence-electron chi connectivity index (χ3n) is 16.4. The molecule has 2 aromatic carbocycles. The second kappa shape index (κ2) is 28.7. The normalized spacial score (nSPS) is 20.5. The number of piperidine rings is 2. The number of aryl methyl sites for hydroxylation is 2. The average Bonchev–Trinajstić information content (AvgIpc) is 3.74. The van der Waals surface area contributed by atoms with Gasteiger partial charge in [0.25, 0.3) is 0 Å². The van der Waals surface area contributed by atoms with Crippen molar-refractivity contribution in [3.63, 3.8) is 0 Å². The molecule has 2 atom stereocenters. The van der Waals surface area contributed by atoms with E-state index in [1.807, 2.05) is 74.4 Å². The summed E-state index contributed by atoms with van der Waals surface area (Å²) in [4.78, 5) is 56.4. The van der Waals surface area contributed by atoms with Crippen molar-refractivity contribution in [1.29, 1.82) is 0 Å². The molecular formula is C64H91ClN16O4. The van der Waals surface area contributed by atoms with E-state index in [0.29, 0.717) is 49.9 Å². The van der Waals surface area contributed by atoms with Crippen LogP contribution in [0.4, 0.5) is 21.2 Å². The minimum Gasteiger partial charge on any atom is -0.403 e. The highest BCUT2D eigenvalue weighted by Crippen LogP contribution is 2.35. The molecule has 0 bridgehead atoms. The van der Waals surface area contributed by atoms with E-state index in [1.165, 1.54) is 41.3 Å². The van der Waals surface area contributed by atoms with Crippen molar-refractivity contribution in [3.05, 3.63) is 113 Å². The Morgan fingerprint density at radius 3 is 1.67 bits per heavy atom. The largest absolute Gasteiger partial charge is 0.403 e. The Hall–Kier alpha value is -6.71. The lowest BCUT2D eigenvalue weighted by molar-refractivity contribution is -0.111. The first-order chi connectivity index (χ1) is 40.7. The molecule has 4 saturated heterocycles. The second-order valence-electron chi connectivity index (χ2n) is 25.7. The van der Waals surface area contributed by atoms with Crippen molar-refractivity contribution in [2.45, 2.75) is 166 Å². The van der Waals surface area contributed by atoms with Gasteiger partial charge in [0.1, 0.15) is 0 Å². The number of benzene rings is 2. The predicted molar refractivity (Wildman–Crippen MR) is 337 cm³/mol. The summed E-state index contributed by atoms with van der Waals surface area (Å²) in [6.45, 7) is 19.3. The van der Waals surface area contributed by atoms with Gasteiger partial charge in [-0.15, -0.1) is 0 Å². The third-order valence-corrected chi connectivity index (χ3v) is 16.6. The summed E-state index contributed by atoms with van der Waals surface area (Å²) >= 11 is 5.96. The van der Waals surface area contributed by atoms with E-state index in [0.717, 1.165) is 119 Å². The number of anilines is 2. The number of urea groups is 2. The van der Waals surface area contributed by atoms with Crippen LogP contribution < -0.4 is 27.4 Å². The molecule has 5 aromatic rings. The molecular weight excluding hydrogens is 1090 g/mol. The zero-order chi connectivity index (χ0) is 60.3. The van der Waals surface area contributed by atoms with Crippen molar-refractivity contribution >= 4 is 41.5 Å². The summed E-state index contributed by atoms with van der Waals surface area (Å²) < 4.78 is 13.9. The molecule has 458 valence electrons. The number of nitrogens with one attached hydrogen (secondary N) is 3. The number of hydrogen-bond donors (Lipinski definition) is 5. The predicted octanol–water partition coefficient (Wildman–Crippen LogP) is 10.0. The highest BCUT2D eigenvalue weighted by Gasteiger charge is 2.37. The van der Waals surface area contributed by atoms with E-state index in [-0.39, 0.29) is 52.8 Å². The van der Waals surface area contributed by atoms with Crippen molar-refractivity contribution in [3.8, 4) is 22.5 Å². The van der Waals surface area contributed by atoms with Gasteiger partial charge in [-0.2, -0.15) is 5.10 Å². The van der Waals surface area contributed by atoms with Gasteiger partial charge in [-0.05, 0) is 204 Å². The molecule has 85 heavy (non-hydrogen) atoms. The Morgan fingerprint density at radius 2 is 1.19 bits per heavy atom. The number of hydrogen-bond acceptors (Lipinski definition) is 15. The van der Waals surface area contributed by atoms with Crippen LogP contribution in [0, 0.1) is 0 Å². The third kappa shape index (κ3) is 18.2. The van der Waals surface area contributed by atoms with E-state index < -0.39 is 0 Å². The Bertz CT molecular complexity index is 3070. The molecule has 7 heterocycles. The zero-order valence-electron chi connectivity index (χ0n) is 51.3. The molecule has 4 amide bonds. The van der Waals surface area contributed by atoms with Crippen molar-refractivity contribution in [2.24, 2.45) is 10.7 Å². The first-order valence-electron chi connectivity index (χ1n) is 30.6. The number of aromatic nitrogens is 6. The van der Waals surface area contributed by atoms with Gasteiger partial charge < -0.3 is 56.5 Å². The van der Waals surface area contributed by atoms with Crippen molar-refractivity contribution in [1.82, 2.24) is 59.9 Å². The molecule has 20 nitrogen and oxygen atoms in total. The highest BCUT2D eigenvalue weighted by atomic mass is 35.5. The molecule has 7 N–H and O–H groups in total. The Labute approximate surface area is 508 Å². The lowest BCUT2D eigenvalue weighted by Crippen LogP contribution is -2.59. The van der Waals surface area contributed by atoms with Gasteiger partial charge in [-0.1, -0.05) is 37.1 Å². The number of carbonyl (C=O) groups excluding carboxylic acids is 2. The fraction of sp³-hybridized carbons (Fsp3) is 0.562. The molecule has 0 spiro atoms. The summed E-state index contributed by atoms with van der Waals surface area (Å²) in [6.07, 6.45) is 23.3. The SMILES string of the molecule is CC(C)(C)OC1CN(C(=O)NC2CCCCc3cc(-c4ccnc(Cl)n4)ccc32)C1.CN1CCC(N=CC(=CN)Nc2nccc(-c3ccc4c(c3)CCCCC4NC(=O)N3CC(OC(C)(C)C)C3)n2)CC1.CN1CCC(n2cc(N)cn2)CC1. The van der Waals surface area contributed by atoms with Gasteiger partial charge in [0, 0.05) is 42.1 Å². The number of carbonyl (C=O) groups is 2. The molecule has 2 unspecified atom stereocenters. The summed E-state index contributed by atoms with van der Waals surface area (Å²) in [6, 6.07) is 17.5. The maximum Gasteiger partial charge on any atom is 0.318 e. The van der Waals surface area contributed by atoms with E-state index in [9.17, 15) is 9.59 Å². The molecule has 0 radical (unpaired) electrons. The first-order valence-corrected chi connectivity index (χ1v) is 31.0. The van der Waals surface area contributed by atoms with Crippen LogP contribution >= 0.6 is 11.6 Å². The van der Waals surface area contributed by atoms with E-state index in [4.69, 9.17) is 42.5 Å². The number of amides is 4. The average molecular weight is 1180 g/mol. The number of ether oxygens (including phenoxy) is 2. The molecule has 0 saturated carbocycles. The van der Waals surface area contributed by atoms with Crippen LogP contribution in [0.25, 0.3) is 22.5 Å². The van der Waals surface area contributed by atoms with Crippen LogP contribution in [0.2, 0.25) is 5.28 Å². The molecule has 21 heteroatoms. The monoisotopic (exact) mass is 1180 g/mol. The van der Waals surface area contributed by atoms with E-state index in [1.54, 1.807) is 24.8 Å². The van der Waals surface area contributed by atoms with Gasteiger partial charge >= 0.3 is 12.1 Å². The van der Waals surface area contributed by atoms with Gasteiger partial charge in [0.05, 0.1) is 103 Å². The number of halogens is 1. The van der Waals surface area contributed by atoms with Crippen LogP contribution in [0.15, 0.2) is 90.2 Å². The highest BCUT2D eigenvalue weighted by molar-refractivity contribution is 6.28. The number of aliphatic imine (C=N–C) groups is 1.